The minimum absolute atomic E-state index is 0.275. The topological polar surface area (TPSA) is 25.8 Å². The Kier molecular flexibility index (Phi) is 3.93. The van der Waals surface area contributed by atoms with E-state index in [1.807, 2.05) is 30.3 Å². The summed E-state index contributed by atoms with van der Waals surface area (Å²) in [7, 11) is 0. The maximum absolute atomic E-state index is 13.0. The Labute approximate surface area is 127 Å². The Morgan fingerprint density at radius 3 is 2.33 bits per heavy atom. The van der Waals surface area contributed by atoms with E-state index in [0.29, 0.717) is 23.1 Å². The number of rotatable bonds is 3. The van der Waals surface area contributed by atoms with Gasteiger partial charge in [0.25, 0.3) is 0 Å². The maximum atomic E-state index is 13.0. The lowest BCUT2D eigenvalue weighted by atomic mass is 10.1. The fourth-order valence-corrected chi connectivity index (χ4v) is 2.29. The van der Waals surface area contributed by atoms with Crippen molar-refractivity contribution in [2.75, 3.05) is 0 Å². The molecule has 0 bridgehead atoms. The molecule has 4 heteroatoms. The number of hydrogen-bond acceptors (Lipinski definition) is 2. The van der Waals surface area contributed by atoms with Crippen LogP contribution >= 0.6 is 11.6 Å². The van der Waals surface area contributed by atoms with Gasteiger partial charge in [0, 0.05) is 18.1 Å². The Morgan fingerprint density at radius 1 is 0.905 bits per heavy atom. The molecule has 0 aliphatic carbocycles. The fraction of sp³-hybridized carbons (Fsp3) is 0.0588. The highest BCUT2D eigenvalue weighted by Gasteiger charge is 2.07. The summed E-state index contributed by atoms with van der Waals surface area (Å²) >= 11 is 6.07. The summed E-state index contributed by atoms with van der Waals surface area (Å²) in [5.74, 6) is 0.372. The molecule has 0 N–H and O–H groups in total. The van der Waals surface area contributed by atoms with Gasteiger partial charge in [-0.15, -0.1) is 0 Å². The predicted octanol–water partition coefficient (Wildman–Crippen LogP) is 4.53. The molecule has 0 spiro atoms. The minimum atomic E-state index is -0.275. The van der Waals surface area contributed by atoms with Gasteiger partial charge in [0.15, 0.2) is 0 Å². The van der Waals surface area contributed by atoms with Gasteiger partial charge in [-0.05, 0) is 29.8 Å². The first-order valence-electron chi connectivity index (χ1n) is 6.54. The molecule has 0 aliphatic heterocycles. The third-order valence-corrected chi connectivity index (χ3v) is 3.28. The Balaban J connectivity index is 1.94. The molecule has 0 amide bonds. The number of halogens is 2. The Hall–Kier alpha value is -2.26. The van der Waals surface area contributed by atoms with Crippen molar-refractivity contribution in [1.82, 2.24) is 9.97 Å². The summed E-state index contributed by atoms with van der Waals surface area (Å²) in [4.78, 5) is 8.76. The molecule has 0 aliphatic rings. The van der Waals surface area contributed by atoms with Crippen molar-refractivity contribution in [3.8, 4) is 11.3 Å². The lowest BCUT2D eigenvalue weighted by molar-refractivity contribution is 0.628. The van der Waals surface area contributed by atoms with E-state index in [-0.39, 0.29) is 5.82 Å². The zero-order chi connectivity index (χ0) is 14.7. The van der Waals surface area contributed by atoms with Crippen LogP contribution in [0.15, 0.2) is 60.7 Å². The first-order chi connectivity index (χ1) is 10.2. The molecule has 1 heterocycles. The van der Waals surface area contributed by atoms with Crippen LogP contribution in [0.25, 0.3) is 11.3 Å². The summed E-state index contributed by atoms with van der Waals surface area (Å²) < 4.78 is 13.0. The molecule has 0 saturated heterocycles. The van der Waals surface area contributed by atoms with Gasteiger partial charge in [0.05, 0.1) is 5.69 Å². The second-order valence-electron chi connectivity index (χ2n) is 4.66. The summed E-state index contributed by atoms with van der Waals surface area (Å²) in [6, 6.07) is 17.8. The highest BCUT2D eigenvalue weighted by atomic mass is 35.5. The third-order valence-electron chi connectivity index (χ3n) is 3.09. The molecule has 1 aromatic heterocycles. The largest absolute Gasteiger partial charge is 0.232 e. The van der Waals surface area contributed by atoms with Gasteiger partial charge in [0.1, 0.15) is 16.8 Å². The zero-order valence-corrected chi connectivity index (χ0v) is 11.9. The van der Waals surface area contributed by atoms with Crippen molar-refractivity contribution in [3.63, 3.8) is 0 Å². The molecule has 0 unspecified atom stereocenters. The standard InChI is InChI=1S/C17H12ClFN2/c18-16-11-15(13-6-8-14(19)9-7-13)20-17(21-16)10-12-4-2-1-3-5-12/h1-9,11H,10H2. The van der Waals surface area contributed by atoms with E-state index in [9.17, 15) is 4.39 Å². The summed E-state index contributed by atoms with van der Waals surface area (Å²) in [5, 5.41) is 0.384. The molecular weight excluding hydrogens is 287 g/mol. The van der Waals surface area contributed by atoms with E-state index in [0.717, 1.165) is 11.1 Å². The average Bonchev–Trinajstić information content (AvgIpc) is 2.48. The van der Waals surface area contributed by atoms with Crippen LogP contribution in [-0.4, -0.2) is 9.97 Å². The zero-order valence-electron chi connectivity index (χ0n) is 11.1. The molecular formula is C17H12ClFN2. The van der Waals surface area contributed by atoms with Crippen LogP contribution in [0.3, 0.4) is 0 Å². The van der Waals surface area contributed by atoms with E-state index >= 15 is 0 Å². The molecule has 3 aromatic rings. The van der Waals surface area contributed by atoms with Crippen LogP contribution < -0.4 is 0 Å². The van der Waals surface area contributed by atoms with Gasteiger partial charge in [0.2, 0.25) is 0 Å². The van der Waals surface area contributed by atoms with Gasteiger partial charge in [-0.25, -0.2) is 14.4 Å². The number of benzene rings is 2. The lowest BCUT2D eigenvalue weighted by Crippen LogP contribution is -1.98. The Bertz CT molecular complexity index is 742. The van der Waals surface area contributed by atoms with E-state index in [1.54, 1.807) is 18.2 Å². The van der Waals surface area contributed by atoms with Crippen molar-refractivity contribution in [2.24, 2.45) is 0 Å². The van der Waals surface area contributed by atoms with E-state index in [2.05, 4.69) is 9.97 Å². The van der Waals surface area contributed by atoms with E-state index < -0.39 is 0 Å². The normalized spacial score (nSPS) is 10.6. The minimum Gasteiger partial charge on any atom is -0.232 e. The van der Waals surface area contributed by atoms with Crippen molar-refractivity contribution in [2.45, 2.75) is 6.42 Å². The molecule has 3 rings (SSSR count). The van der Waals surface area contributed by atoms with Crippen molar-refractivity contribution >= 4 is 11.6 Å². The van der Waals surface area contributed by atoms with Gasteiger partial charge in [-0.3, -0.25) is 0 Å². The van der Waals surface area contributed by atoms with Crippen LogP contribution in [0, 0.1) is 5.82 Å². The van der Waals surface area contributed by atoms with E-state index in [4.69, 9.17) is 11.6 Å². The molecule has 0 radical (unpaired) electrons. The highest BCUT2D eigenvalue weighted by molar-refractivity contribution is 6.29. The predicted molar refractivity (Wildman–Crippen MR) is 81.7 cm³/mol. The van der Waals surface area contributed by atoms with Gasteiger partial charge >= 0.3 is 0 Å². The molecule has 21 heavy (non-hydrogen) atoms. The average molecular weight is 299 g/mol. The monoisotopic (exact) mass is 298 g/mol. The van der Waals surface area contributed by atoms with Gasteiger partial charge < -0.3 is 0 Å². The van der Waals surface area contributed by atoms with Gasteiger partial charge in [-0.2, -0.15) is 0 Å². The van der Waals surface area contributed by atoms with Crippen molar-refractivity contribution in [3.05, 3.63) is 83.0 Å². The van der Waals surface area contributed by atoms with Crippen LogP contribution in [0.2, 0.25) is 5.15 Å². The third kappa shape index (κ3) is 3.44. The van der Waals surface area contributed by atoms with Crippen molar-refractivity contribution < 1.29 is 4.39 Å². The quantitative estimate of drug-likeness (QED) is 0.664. The maximum Gasteiger partial charge on any atom is 0.135 e. The van der Waals surface area contributed by atoms with Crippen molar-refractivity contribution in [1.29, 1.82) is 0 Å². The highest BCUT2D eigenvalue weighted by Crippen LogP contribution is 2.21. The molecule has 2 aromatic carbocycles. The second kappa shape index (κ2) is 6.02. The summed E-state index contributed by atoms with van der Waals surface area (Å²) in [5.41, 5.74) is 2.63. The number of aromatic nitrogens is 2. The second-order valence-corrected chi connectivity index (χ2v) is 5.05. The number of nitrogens with zero attached hydrogens (tertiary/aromatic N) is 2. The van der Waals surface area contributed by atoms with Crippen LogP contribution in [-0.2, 0) is 6.42 Å². The van der Waals surface area contributed by atoms with E-state index in [1.165, 1.54) is 12.1 Å². The van der Waals surface area contributed by atoms with Crippen LogP contribution in [0.1, 0.15) is 11.4 Å². The molecule has 0 fully saturated rings. The summed E-state index contributed by atoms with van der Waals surface area (Å²) in [6.07, 6.45) is 0.607. The van der Waals surface area contributed by atoms with Crippen LogP contribution in [0.5, 0.6) is 0 Å². The van der Waals surface area contributed by atoms with Crippen LogP contribution in [0.4, 0.5) is 4.39 Å². The molecule has 2 nitrogen and oxygen atoms in total. The van der Waals surface area contributed by atoms with Gasteiger partial charge in [-0.1, -0.05) is 41.9 Å². The Morgan fingerprint density at radius 2 is 1.62 bits per heavy atom. The number of hydrogen-bond donors (Lipinski definition) is 0. The first-order valence-corrected chi connectivity index (χ1v) is 6.92. The SMILES string of the molecule is Fc1ccc(-c2cc(Cl)nc(Cc3ccccc3)n2)cc1. The summed E-state index contributed by atoms with van der Waals surface area (Å²) in [6.45, 7) is 0. The molecule has 104 valence electrons. The fourth-order valence-electron chi connectivity index (χ4n) is 2.09. The molecule has 0 saturated carbocycles. The molecule has 0 atom stereocenters. The lowest BCUT2D eigenvalue weighted by Gasteiger charge is -2.06. The smallest absolute Gasteiger partial charge is 0.135 e. The first kappa shape index (κ1) is 13.7.